The van der Waals surface area contributed by atoms with Gasteiger partial charge in [0.25, 0.3) is 5.91 Å². The Labute approximate surface area is 172 Å². The van der Waals surface area contributed by atoms with E-state index in [2.05, 4.69) is 10.3 Å². The van der Waals surface area contributed by atoms with Crippen LogP contribution in [0.1, 0.15) is 31.5 Å². The molecule has 0 fully saturated rings. The first kappa shape index (κ1) is 19.5. The van der Waals surface area contributed by atoms with Gasteiger partial charge in [-0.3, -0.25) is 10.0 Å². The third-order valence-electron chi connectivity index (χ3n) is 4.73. The highest BCUT2D eigenvalue weighted by Gasteiger charge is 2.26. The summed E-state index contributed by atoms with van der Waals surface area (Å²) in [5.74, 6) is 0.0202. The van der Waals surface area contributed by atoms with E-state index >= 15 is 0 Å². The van der Waals surface area contributed by atoms with Crippen molar-refractivity contribution in [2.75, 3.05) is 0 Å². The van der Waals surface area contributed by atoms with E-state index in [1.165, 1.54) is 17.6 Å². The Balaban J connectivity index is 1.73. The number of carbonyl (C=O) groups is 1. The van der Waals surface area contributed by atoms with Crippen molar-refractivity contribution in [1.29, 1.82) is 0 Å². The highest BCUT2D eigenvalue weighted by molar-refractivity contribution is 5.91. The van der Waals surface area contributed by atoms with Gasteiger partial charge in [0.1, 0.15) is 17.3 Å². The van der Waals surface area contributed by atoms with Gasteiger partial charge in [0.2, 0.25) is 5.89 Å². The standard InChI is InChI=1S/C22H21N5O3/c1-14(2)21(27-13-16(24-26-27)11-12-19(28)25-29)22-23-20-17(9-6-10-18(20)30-22)15-7-4-3-5-8-15/h3-14,21,29H,1-2H3,(H,25,28)/b12-11+. The van der Waals surface area contributed by atoms with Gasteiger partial charge in [-0.2, -0.15) is 0 Å². The largest absolute Gasteiger partial charge is 0.438 e. The molecule has 30 heavy (non-hydrogen) atoms. The Hall–Kier alpha value is -3.78. The lowest BCUT2D eigenvalue weighted by atomic mass is 10.0. The molecule has 0 radical (unpaired) electrons. The van der Waals surface area contributed by atoms with Crippen molar-refractivity contribution < 1.29 is 14.4 Å². The topological polar surface area (TPSA) is 106 Å². The lowest BCUT2D eigenvalue weighted by Crippen LogP contribution is -2.17. The minimum absolute atomic E-state index is 0.123. The highest BCUT2D eigenvalue weighted by atomic mass is 16.5. The minimum atomic E-state index is -0.641. The predicted octanol–water partition coefficient (Wildman–Crippen LogP) is 3.85. The smallest absolute Gasteiger partial charge is 0.267 e. The van der Waals surface area contributed by atoms with E-state index in [4.69, 9.17) is 14.6 Å². The summed E-state index contributed by atoms with van der Waals surface area (Å²) in [4.78, 5) is 16.0. The maximum Gasteiger partial charge on any atom is 0.267 e. The number of carbonyl (C=O) groups excluding carboxylic acids is 1. The Morgan fingerprint density at radius 3 is 2.70 bits per heavy atom. The Morgan fingerprint density at radius 1 is 1.17 bits per heavy atom. The lowest BCUT2D eigenvalue weighted by Gasteiger charge is -2.16. The number of para-hydroxylation sites is 1. The van der Waals surface area contributed by atoms with Crippen molar-refractivity contribution in [2.24, 2.45) is 5.92 Å². The Morgan fingerprint density at radius 2 is 1.97 bits per heavy atom. The summed E-state index contributed by atoms with van der Waals surface area (Å²) in [6.07, 6.45) is 4.34. The van der Waals surface area contributed by atoms with Gasteiger partial charge in [-0.15, -0.1) is 5.10 Å². The molecule has 2 N–H and O–H groups in total. The number of hydrogen-bond donors (Lipinski definition) is 2. The van der Waals surface area contributed by atoms with E-state index in [9.17, 15) is 4.79 Å². The highest BCUT2D eigenvalue weighted by Crippen LogP contribution is 2.33. The number of nitrogens with zero attached hydrogens (tertiary/aromatic N) is 4. The zero-order valence-electron chi connectivity index (χ0n) is 16.6. The number of oxazole rings is 1. The number of nitrogens with one attached hydrogen (secondary N) is 1. The fourth-order valence-electron chi connectivity index (χ4n) is 3.35. The molecule has 8 nitrogen and oxygen atoms in total. The monoisotopic (exact) mass is 403 g/mol. The summed E-state index contributed by atoms with van der Waals surface area (Å²) in [6, 6.07) is 15.7. The normalized spacial score (nSPS) is 12.7. The molecule has 2 aromatic heterocycles. The summed E-state index contributed by atoms with van der Waals surface area (Å²) in [6.45, 7) is 4.10. The first-order valence-corrected chi connectivity index (χ1v) is 9.55. The quantitative estimate of drug-likeness (QED) is 0.288. The van der Waals surface area contributed by atoms with E-state index < -0.39 is 5.91 Å². The molecule has 4 aromatic rings. The summed E-state index contributed by atoms with van der Waals surface area (Å²) < 4.78 is 7.79. The van der Waals surface area contributed by atoms with Crippen LogP contribution in [0.15, 0.2) is 65.2 Å². The maximum atomic E-state index is 11.2. The molecule has 1 amide bonds. The second kappa shape index (κ2) is 8.30. The summed E-state index contributed by atoms with van der Waals surface area (Å²) in [5.41, 5.74) is 5.59. The van der Waals surface area contributed by atoms with Gasteiger partial charge in [-0.1, -0.05) is 61.5 Å². The molecule has 1 unspecified atom stereocenters. The van der Waals surface area contributed by atoms with Crippen molar-refractivity contribution in [3.05, 3.63) is 72.4 Å². The second-order valence-electron chi connectivity index (χ2n) is 7.19. The molecule has 1 atom stereocenters. The van der Waals surface area contributed by atoms with Crippen LogP contribution in [-0.2, 0) is 4.79 Å². The molecule has 0 bridgehead atoms. The number of aromatic nitrogens is 4. The fourth-order valence-corrected chi connectivity index (χ4v) is 3.35. The number of hydrogen-bond acceptors (Lipinski definition) is 6. The van der Waals surface area contributed by atoms with Crippen LogP contribution in [0.5, 0.6) is 0 Å². The minimum Gasteiger partial charge on any atom is -0.438 e. The van der Waals surface area contributed by atoms with Crippen molar-refractivity contribution in [1.82, 2.24) is 25.5 Å². The number of fused-ring (bicyclic) bond motifs is 1. The molecule has 2 heterocycles. The van der Waals surface area contributed by atoms with Gasteiger partial charge in [-0.05, 0) is 23.6 Å². The zero-order chi connectivity index (χ0) is 21.1. The first-order chi connectivity index (χ1) is 14.6. The molecule has 2 aromatic carbocycles. The van der Waals surface area contributed by atoms with Gasteiger partial charge in [0.05, 0.1) is 6.20 Å². The molecule has 0 saturated heterocycles. The van der Waals surface area contributed by atoms with E-state index in [-0.39, 0.29) is 12.0 Å². The molecular formula is C22H21N5O3. The molecule has 0 aliphatic rings. The van der Waals surface area contributed by atoms with Crippen LogP contribution < -0.4 is 5.48 Å². The summed E-state index contributed by atoms with van der Waals surface area (Å²) in [7, 11) is 0. The number of benzene rings is 2. The number of hydroxylamine groups is 1. The first-order valence-electron chi connectivity index (χ1n) is 9.55. The molecule has 0 aliphatic carbocycles. The van der Waals surface area contributed by atoms with Crippen molar-refractivity contribution in [2.45, 2.75) is 19.9 Å². The SMILES string of the molecule is CC(C)C(c1nc2c(-c3ccccc3)cccc2o1)n1cc(/C=C/C(=O)NO)nn1. The van der Waals surface area contributed by atoms with Gasteiger partial charge in [0.15, 0.2) is 5.58 Å². The van der Waals surface area contributed by atoms with E-state index in [1.54, 1.807) is 10.9 Å². The van der Waals surface area contributed by atoms with E-state index in [1.807, 2.05) is 62.4 Å². The Bertz CT molecular complexity index is 1190. The molecule has 8 heteroatoms. The summed E-state index contributed by atoms with van der Waals surface area (Å²) in [5, 5.41) is 16.8. The van der Waals surface area contributed by atoms with Crippen molar-refractivity contribution in [3.63, 3.8) is 0 Å². The van der Waals surface area contributed by atoms with Gasteiger partial charge < -0.3 is 4.42 Å². The maximum absolute atomic E-state index is 11.2. The molecule has 0 spiro atoms. The van der Waals surface area contributed by atoms with Crippen LogP contribution >= 0.6 is 0 Å². The van der Waals surface area contributed by atoms with Crippen LogP contribution in [0.25, 0.3) is 28.3 Å². The summed E-state index contributed by atoms with van der Waals surface area (Å²) >= 11 is 0. The predicted molar refractivity (Wildman–Crippen MR) is 111 cm³/mol. The van der Waals surface area contributed by atoms with Crippen LogP contribution in [-0.4, -0.2) is 31.1 Å². The van der Waals surface area contributed by atoms with Crippen LogP contribution in [0.3, 0.4) is 0 Å². The van der Waals surface area contributed by atoms with Gasteiger partial charge in [0, 0.05) is 11.6 Å². The number of rotatable bonds is 6. The van der Waals surface area contributed by atoms with E-state index in [0.29, 0.717) is 17.2 Å². The van der Waals surface area contributed by atoms with E-state index in [0.717, 1.165) is 16.6 Å². The molecule has 0 aliphatic heterocycles. The van der Waals surface area contributed by atoms with Gasteiger partial charge in [-0.25, -0.2) is 15.1 Å². The fraction of sp³-hybridized carbons (Fsp3) is 0.182. The number of amides is 1. The molecular weight excluding hydrogens is 382 g/mol. The third kappa shape index (κ3) is 3.85. The average Bonchev–Trinajstić information content (AvgIpc) is 3.39. The van der Waals surface area contributed by atoms with Gasteiger partial charge >= 0.3 is 0 Å². The van der Waals surface area contributed by atoms with Crippen LogP contribution in [0.4, 0.5) is 0 Å². The zero-order valence-corrected chi connectivity index (χ0v) is 16.6. The van der Waals surface area contributed by atoms with Crippen LogP contribution in [0, 0.1) is 5.92 Å². The lowest BCUT2D eigenvalue weighted by molar-refractivity contribution is -0.124. The molecule has 152 valence electrons. The molecule has 0 saturated carbocycles. The average molecular weight is 403 g/mol. The molecule has 4 rings (SSSR count). The Kier molecular flexibility index (Phi) is 5.40. The van der Waals surface area contributed by atoms with Crippen molar-refractivity contribution in [3.8, 4) is 11.1 Å². The second-order valence-corrected chi connectivity index (χ2v) is 7.19. The van der Waals surface area contributed by atoms with Crippen LogP contribution in [0.2, 0.25) is 0 Å². The third-order valence-corrected chi connectivity index (χ3v) is 4.73. The van der Waals surface area contributed by atoms with Crippen molar-refractivity contribution >= 4 is 23.1 Å².